The molecule has 3 nitrogen and oxygen atoms in total. The molecule has 1 aliphatic rings. The van der Waals surface area contributed by atoms with Crippen LogP contribution in [0.25, 0.3) is 0 Å². The van der Waals surface area contributed by atoms with Gasteiger partial charge in [-0.15, -0.1) is 0 Å². The highest BCUT2D eigenvalue weighted by Crippen LogP contribution is 2.47. The molecule has 0 aromatic heterocycles. The molecule has 0 aromatic rings. The lowest BCUT2D eigenvalue weighted by atomic mass is 9.66. The maximum Gasteiger partial charge on any atom is 0.328 e. The third kappa shape index (κ3) is 3.19. The van der Waals surface area contributed by atoms with Crippen LogP contribution in [0.5, 0.6) is 0 Å². The van der Waals surface area contributed by atoms with Crippen LogP contribution in [-0.4, -0.2) is 22.5 Å². The average molecular weight is 266 g/mol. The molecule has 0 amide bonds. The van der Waals surface area contributed by atoms with Gasteiger partial charge in [-0.25, -0.2) is 9.18 Å². The van der Waals surface area contributed by atoms with Crippen LogP contribution in [-0.2, 0) is 9.59 Å². The Morgan fingerprint density at radius 1 is 1.47 bits per heavy atom. The highest BCUT2D eigenvalue weighted by Gasteiger charge is 2.48. The Labute approximate surface area is 112 Å². The molecule has 0 aromatic carbocycles. The molecule has 0 bridgehead atoms. The molecule has 1 rings (SSSR count). The van der Waals surface area contributed by atoms with Crippen molar-refractivity contribution in [3.63, 3.8) is 0 Å². The van der Waals surface area contributed by atoms with Gasteiger partial charge in [0.15, 0.2) is 11.5 Å². The van der Waals surface area contributed by atoms with Gasteiger partial charge in [-0.2, -0.15) is 0 Å². The van der Waals surface area contributed by atoms with E-state index in [0.29, 0.717) is 11.1 Å². The van der Waals surface area contributed by atoms with Crippen LogP contribution in [0.1, 0.15) is 34.1 Å². The average Bonchev–Trinajstić information content (AvgIpc) is 2.21. The zero-order valence-electron chi connectivity index (χ0n) is 11.7. The third-order valence-electron chi connectivity index (χ3n) is 3.48. The molecule has 0 heterocycles. The van der Waals surface area contributed by atoms with Crippen LogP contribution in [0.3, 0.4) is 0 Å². The van der Waals surface area contributed by atoms with Crippen molar-refractivity contribution in [2.75, 3.05) is 0 Å². The number of carboxylic acids is 1. The van der Waals surface area contributed by atoms with E-state index in [1.54, 1.807) is 27.7 Å². The van der Waals surface area contributed by atoms with Crippen LogP contribution in [0.4, 0.5) is 4.39 Å². The lowest BCUT2D eigenvalue weighted by Crippen LogP contribution is -2.44. The van der Waals surface area contributed by atoms with Crippen molar-refractivity contribution in [1.29, 1.82) is 0 Å². The summed E-state index contributed by atoms with van der Waals surface area (Å²) in [6.45, 7) is 6.57. The second-order valence-electron chi connectivity index (χ2n) is 5.63. The Hall–Kier alpha value is -1.71. The molecular weight excluding hydrogens is 247 g/mol. The standard InChI is InChI=1S/C15H19FO3/c1-10(7-13(18)19)5-6-15(16)11(2)8-12(17)9-14(15,3)4/h5-8H,9H2,1-4H3,(H,18,19)/b6-5+,10-7-/t15-/m1/s1. The van der Waals surface area contributed by atoms with Crippen molar-refractivity contribution >= 4 is 11.8 Å². The summed E-state index contributed by atoms with van der Waals surface area (Å²) in [6.07, 6.45) is 5.27. The van der Waals surface area contributed by atoms with E-state index in [0.717, 1.165) is 6.08 Å². The van der Waals surface area contributed by atoms with Gasteiger partial charge < -0.3 is 5.11 Å². The fourth-order valence-electron chi connectivity index (χ4n) is 2.34. The third-order valence-corrected chi connectivity index (χ3v) is 3.48. The Morgan fingerprint density at radius 3 is 2.53 bits per heavy atom. The molecule has 4 heteroatoms. The zero-order chi connectivity index (χ0) is 14.8. The van der Waals surface area contributed by atoms with Crippen LogP contribution >= 0.6 is 0 Å². The number of hydrogen-bond donors (Lipinski definition) is 1. The van der Waals surface area contributed by atoms with Crippen LogP contribution in [0.15, 0.2) is 35.5 Å². The van der Waals surface area contributed by atoms with E-state index in [2.05, 4.69) is 0 Å². The number of carbonyl (C=O) groups is 2. The molecule has 0 radical (unpaired) electrons. The molecule has 0 saturated carbocycles. The van der Waals surface area contributed by atoms with Gasteiger partial charge in [0, 0.05) is 17.9 Å². The van der Waals surface area contributed by atoms with Gasteiger partial charge >= 0.3 is 5.97 Å². The number of halogens is 1. The Balaban J connectivity index is 3.15. The summed E-state index contributed by atoms with van der Waals surface area (Å²) in [4.78, 5) is 22.0. The largest absolute Gasteiger partial charge is 0.478 e. The maximum atomic E-state index is 15.1. The monoisotopic (exact) mass is 266 g/mol. The smallest absolute Gasteiger partial charge is 0.328 e. The first kappa shape index (κ1) is 15.3. The van der Waals surface area contributed by atoms with Crippen molar-refractivity contribution in [3.05, 3.63) is 35.5 Å². The fraction of sp³-hybridized carbons (Fsp3) is 0.467. The van der Waals surface area contributed by atoms with Gasteiger partial charge in [0.25, 0.3) is 0 Å². The first-order chi connectivity index (χ1) is 8.58. The summed E-state index contributed by atoms with van der Waals surface area (Å²) in [5.41, 5.74) is -1.78. The Bertz CT molecular complexity index is 498. The number of aliphatic carboxylic acids is 1. The molecule has 19 heavy (non-hydrogen) atoms. The summed E-state index contributed by atoms with van der Waals surface area (Å²) in [7, 11) is 0. The minimum atomic E-state index is -1.74. The molecule has 1 atom stereocenters. The molecular formula is C15H19FO3. The van der Waals surface area contributed by atoms with Gasteiger partial charge in [-0.1, -0.05) is 19.9 Å². The van der Waals surface area contributed by atoms with Crippen LogP contribution in [0.2, 0.25) is 0 Å². The fourth-order valence-corrected chi connectivity index (χ4v) is 2.34. The predicted molar refractivity (Wildman–Crippen MR) is 71.5 cm³/mol. The van der Waals surface area contributed by atoms with Gasteiger partial charge in [-0.05, 0) is 37.1 Å². The van der Waals surface area contributed by atoms with E-state index in [-0.39, 0.29) is 12.2 Å². The number of rotatable bonds is 3. The summed E-state index contributed by atoms with van der Waals surface area (Å²) in [5.74, 6) is -1.15. The van der Waals surface area contributed by atoms with E-state index in [4.69, 9.17) is 5.11 Å². The first-order valence-electron chi connectivity index (χ1n) is 6.09. The lowest BCUT2D eigenvalue weighted by molar-refractivity contribution is -0.131. The molecule has 0 spiro atoms. The van der Waals surface area contributed by atoms with Crippen molar-refractivity contribution in [3.8, 4) is 0 Å². The summed E-state index contributed by atoms with van der Waals surface area (Å²) >= 11 is 0. The molecule has 1 N–H and O–H groups in total. The molecule has 0 fully saturated rings. The highest BCUT2D eigenvalue weighted by molar-refractivity contribution is 5.92. The zero-order valence-corrected chi connectivity index (χ0v) is 11.7. The predicted octanol–water partition coefficient (Wildman–Crippen LogP) is 3.23. The number of ketones is 1. The Morgan fingerprint density at radius 2 is 2.05 bits per heavy atom. The summed E-state index contributed by atoms with van der Waals surface area (Å²) in [5, 5.41) is 8.61. The number of allylic oxidation sites excluding steroid dienone is 5. The number of alkyl halides is 1. The quantitative estimate of drug-likeness (QED) is 0.630. The van der Waals surface area contributed by atoms with E-state index < -0.39 is 17.1 Å². The van der Waals surface area contributed by atoms with Crippen molar-refractivity contribution in [2.45, 2.75) is 39.8 Å². The van der Waals surface area contributed by atoms with Gasteiger partial charge in [0.1, 0.15) is 0 Å². The summed E-state index contributed by atoms with van der Waals surface area (Å²) in [6, 6.07) is 0. The second kappa shape index (κ2) is 5.11. The van der Waals surface area contributed by atoms with Gasteiger partial charge in [0.2, 0.25) is 0 Å². The maximum absolute atomic E-state index is 15.1. The van der Waals surface area contributed by atoms with Crippen molar-refractivity contribution < 1.29 is 19.1 Å². The minimum Gasteiger partial charge on any atom is -0.478 e. The molecule has 0 aliphatic heterocycles. The number of hydrogen-bond acceptors (Lipinski definition) is 2. The molecule has 0 unspecified atom stereocenters. The first-order valence-corrected chi connectivity index (χ1v) is 6.09. The SMILES string of the molecule is CC1=CC(=O)CC(C)(C)[C@@]1(F)/C=C/C(C)=C\C(=O)O. The lowest BCUT2D eigenvalue weighted by Gasteiger charge is -2.41. The van der Waals surface area contributed by atoms with E-state index in [9.17, 15) is 9.59 Å². The highest BCUT2D eigenvalue weighted by atomic mass is 19.1. The molecule has 1 aliphatic carbocycles. The normalized spacial score (nSPS) is 27.5. The Kier molecular flexibility index (Phi) is 4.13. The van der Waals surface area contributed by atoms with Crippen LogP contribution < -0.4 is 0 Å². The molecule has 104 valence electrons. The van der Waals surface area contributed by atoms with Crippen molar-refractivity contribution in [1.82, 2.24) is 0 Å². The minimum absolute atomic E-state index is 0.0815. The van der Waals surface area contributed by atoms with E-state index in [1.807, 2.05) is 0 Å². The van der Waals surface area contributed by atoms with E-state index >= 15 is 4.39 Å². The molecule has 0 saturated heterocycles. The second-order valence-corrected chi connectivity index (χ2v) is 5.63. The topological polar surface area (TPSA) is 54.4 Å². The van der Waals surface area contributed by atoms with Gasteiger partial charge in [0.05, 0.1) is 0 Å². The number of carboxylic acid groups (broad SMARTS) is 1. The summed E-state index contributed by atoms with van der Waals surface area (Å²) < 4.78 is 15.1. The van der Waals surface area contributed by atoms with Crippen molar-refractivity contribution in [2.24, 2.45) is 5.41 Å². The van der Waals surface area contributed by atoms with Crippen LogP contribution in [0, 0.1) is 5.41 Å². The number of carbonyl (C=O) groups excluding carboxylic acids is 1. The van der Waals surface area contributed by atoms with Gasteiger partial charge in [-0.3, -0.25) is 4.79 Å². The van der Waals surface area contributed by atoms with E-state index in [1.165, 1.54) is 18.2 Å².